The maximum absolute atomic E-state index is 14.2. The third-order valence-electron chi connectivity index (χ3n) is 14.0. The highest BCUT2D eigenvalue weighted by molar-refractivity contribution is 7.98. The number of amides is 10. The van der Waals surface area contributed by atoms with Gasteiger partial charge in [-0.1, -0.05) is 27.7 Å². The lowest BCUT2D eigenvalue weighted by Gasteiger charge is -2.32. The Morgan fingerprint density at radius 2 is 1.16 bits per heavy atom. The van der Waals surface area contributed by atoms with Crippen LogP contribution in [-0.2, 0) is 68.7 Å². The van der Waals surface area contributed by atoms with Crippen molar-refractivity contribution in [2.24, 2.45) is 23.3 Å². The number of carboxylic acids is 3. The van der Waals surface area contributed by atoms with E-state index in [-0.39, 0.29) is 82.8 Å². The number of carboxylic acid groups (broad SMARTS) is 3. The normalized spacial score (nSPS) is 17.7. The van der Waals surface area contributed by atoms with Gasteiger partial charge in [0.1, 0.15) is 54.4 Å². The van der Waals surface area contributed by atoms with Crippen molar-refractivity contribution >= 4 is 88.7 Å². The van der Waals surface area contributed by atoms with E-state index in [9.17, 15) is 77.6 Å². The van der Waals surface area contributed by atoms with E-state index in [1.165, 1.54) is 34.1 Å². The molecule has 3 heterocycles. The molecule has 1 aromatic heterocycles. The number of imidazole rings is 1. The molecule has 1 aromatic rings. The van der Waals surface area contributed by atoms with E-state index in [0.29, 0.717) is 30.7 Å². The highest BCUT2D eigenvalue weighted by Gasteiger charge is 2.43. The Kier molecular flexibility index (Phi) is 30.8. The van der Waals surface area contributed by atoms with Gasteiger partial charge in [-0.15, -0.1) is 0 Å². The van der Waals surface area contributed by atoms with Gasteiger partial charge in [0.25, 0.3) is 0 Å². The van der Waals surface area contributed by atoms with Crippen LogP contribution in [0.1, 0.15) is 117 Å². The molecule has 31 nitrogen and oxygen atoms in total. The van der Waals surface area contributed by atoms with E-state index in [4.69, 9.17) is 16.6 Å². The second-order valence-electron chi connectivity index (χ2n) is 21.8. The number of nitrogens with two attached hydrogens (primary N) is 2. The molecule has 0 aromatic carbocycles. The minimum Gasteiger partial charge on any atom is -0.481 e. The van der Waals surface area contributed by atoms with Crippen molar-refractivity contribution in [3.8, 4) is 0 Å². The smallest absolute Gasteiger partial charge is 0.326 e. The Balaban J connectivity index is 1.74. The van der Waals surface area contributed by atoms with E-state index in [2.05, 4.69) is 52.5 Å². The summed E-state index contributed by atoms with van der Waals surface area (Å²) >= 11 is 1.38. The summed E-state index contributed by atoms with van der Waals surface area (Å²) in [5.41, 5.74) is 11.8. The summed E-state index contributed by atoms with van der Waals surface area (Å²) in [6, 6.07) is -13.6. The van der Waals surface area contributed by atoms with Crippen molar-refractivity contribution in [3.63, 3.8) is 0 Å². The zero-order valence-electron chi connectivity index (χ0n) is 48.7. The third kappa shape index (κ3) is 24.2. The van der Waals surface area contributed by atoms with Gasteiger partial charge in [0.15, 0.2) is 0 Å². The van der Waals surface area contributed by atoms with Crippen molar-refractivity contribution < 1.29 is 82.8 Å². The topological polar surface area (TPSA) is 486 Å². The fourth-order valence-electron chi connectivity index (χ4n) is 9.61. The van der Waals surface area contributed by atoms with Gasteiger partial charge in [0, 0.05) is 37.8 Å². The van der Waals surface area contributed by atoms with Gasteiger partial charge in [0.05, 0.1) is 31.9 Å². The number of carbonyl (C=O) groups excluding carboxylic acids is 10. The number of rotatable bonds is 38. The van der Waals surface area contributed by atoms with E-state index in [0.717, 1.165) is 0 Å². The minimum atomic E-state index is -1.79. The molecule has 0 spiro atoms. The van der Waals surface area contributed by atoms with Crippen molar-refractivity contribution in [1.29, 1.82) is 0 Å². The summed E-state index contributed by atoms with van der Waals surface area (Å²) in [5.74, 6) is -12.4. The molecule has 476 valence electrons. The summed E-state index contributed by atoms with van der Waals surface area (Å²) in [7, 11) is 0. The van der Waals surface area contributed by atoms with Gasteiger partial charge in [-0.2, -0.15) is 11.8 Å². The monoisotopic (exact) mass is 1220 g/mol. The molecule has 0 unspecified atom stereocenters. The Morgan fingerprint density at radius 3 is 1.71 bits per heavy atom. The molecule has 2 aliphatic heterocycles. The van der Waals surface area contributed by atoms with Crippen LogP contribution in [0.15, 0.2) is 12.5 Å². The Morgan fingerprint density at radius 1 is 0.647 bits per heavy atom. The van der Waals surface area contributed by atoms with E-state index < -0.39 is 170 Å². The highest BCUT2D eigenvalue weighted by Crippen LogP contribution is 2.26. The van der Waals surface area contributed by atoms with E-state index >= 15 is 0 Å². The number of hydrogen-bond acceptors (Lipinski definition) is 18. The number of nitrogens with zero attached hydrogens (tertiary/aromatic N) is 3. The van der Waals surface area contributed by atoms with Gasteiger partial charge >= 0.3 is 17.9 Å². The Bertz CT molecular complexity index is 2470. The molecule has 3 rings (SSSR count). The van der Waals surface area contributed by atoms with Gasteiger partial charge in [0.2, 0.25) is 59.1 Å². The van der Waals surface area contributed by atoms with Crippen molar-refractivity contribution in [2.45, 2.75) is 178 Å². The first kappa shape index (κ1) is 71.8. The average molecular weight is 1220 g/mol. The minimum absolute atomic E-state index is 0.00610. The molecule has 2 aliphatic rings. The second-order valence-corrected chi connectivity index (χ2v) is 22.8. The Labute approximate surface area is 496 Å². The largest absolute Gasteiger partial charge is 0.481 e. The van der Waals surface area contributed by atoms with Crippen LogP contribution in [0.5, 0.6) is 0 Å². The van der Waals surface area contributed by atoms with Crippen LogP contribution in [0, 0.1) is 11.8 Å². The first-order valence-electron chi connectivity index (χ1n) is 28.4. The molecular weight excluding hydrogens is 1140 g/mol. The van der Waals surface area contributed by atoms with Crippen molar-refractivity contribution in [3.05, 3.63) is 18.2 Å². The van der Waals surface area contributed by atoms with E-state index in [1.54, 1.807) is 34.0 Å². The van der Waals surface area contributed by atoms with Crippen LogP contribution in [0.2, 0.25) is 0 Å². The van der Waals surface area contributed by atoms with Crippen molar-refractivity contribution in [2.75, 3.05) is 44.8 Å². The van der Waals surface area contributed by atoms with Gasteiger partial charge in [-0.3, -0.25) is 57.5 Å². The van der Waals surface area contributed by atoms with Gasteiger partial charge in [-0.25, -0.2) is 9.78 Å². The molecule has 0 radical (unpaired) electrons. The number of aliphatic hydroxyl groups is 1. The molecule has 10 amide bonds. The fraction of sp³-hybridized carbons (Fsp3) is 0.698. The number of thioether (sulfide) groups is 1. The van der Waals surface area contributed by atoms with E-state index in [1.807, 2.05) is 0 Å². The molecule has 2 fully saturated rings. The molecule has 10 atom stereocenters. The molecule has 0 saturated carbocycles. The predicted molar refractivity (Wildman–Crippen MR) is 305 cm³/mol. The van der Waals surface area contributed by atoms with Crippen molar-refractivity contribution in [1.82, 2.24) is 62.3 Å². The van der Waals surface area contributed by atoms with Crippen LogP contribution in [-0.4, -0.2) is 222 Å². The third-order valence-corrected chi connectivity index (χ3v) is 14.7. The second kappa shape index (κ2) is 36.4. The molecule has 2 saturated heterocycles. The summed E-state index contributed by atoms with van der Waals surface area (Å²) < 4.78 is 0. The fourth-order valence-corrected chi connectivity index (χ4v) is 10.1. The number of nitrogens with one attached hydrogen (secondary N) is 9. The number of H-pyrrole nitrogens is 1. The average Bonchev–Trinajstić information content (AvgIpc) is 4.23. The molecule has 32 heteroatoms. The number of hydrogen-bond donors (Lipinski definition) is 15. The molecule has 0 bridgehead atoms. The summed E-state index contributed by atoms with van der Waals surface area (Å²) in [6.45, 7) is 5.88. The number of aromatic amines is 1. The quantitative estimate of drug-likeness (QED) is 0.0282. The van der Waals surface area contributed by atoms with Crippen LogP contribution in [0.4, 0.5) is 0 Å². The summed E-state index contributed by atoms with van der Waals surface area (Å²) in [4.78, 5) is 181. The van der Waals surface area contributed by atoms with Crippen LogP contribution >= 0.6 is 11.8 Å². The standard InChI is InChI=1S/C53H86N14O17S/c1-28(2)20-35(48(78)64-37(53(83)84)22-30-24-56-27-58-30)62-46(76)32(10-6-7-16-54)60-47(77)33(13-14-42(70)71)61-50(80)38(26-68)65-49(79)36(21-29(3)4)63-51(81)39-11-8-18-67(39)52(82)40-12-9-17-66(40)41(69)25-57-45(75)34(15-19-85-5)59-44(74)31(55)23-43(72)73/h24,27-29,31-40,68H,6-23,25-26,54-55H2,1-5H3,(H,56,58)(H,57,75)(H,59,74)(H,60,77)(H,61,80)(H,62,76)(H,63,81)(H,64,78)(H,65,79)(H,70,71)(H,72,73)(H,83,84)/t31-,32-,33-,34-,35-,36-,37-,38-,39-,40-/m0/s1. The number of aliphatic carboxylic acids is 3. The lowest BCUT2D eigenvalue weighted by Crippen LogP contribution is -2.61. The highest BCUT2D eigenvalue weighted by atomic mass is 32.2. The maximum atomic E-state index is 14.2. The Hall–Kier alpha value is -7.45. The molecule has 17 N–H and O–H groups in total. The summed E-state index contributed by atoms with van der Waals surface area (Å²) in [6.07, 6.45) is 4.45. The zero-order chi connectivity index (χ0) is 63.5. The van der Waals surface area contributed by atoms with Gasteiger partial charge in [-0.05, 0) is 101 Å². The zero-order valence-corrected chi connectivity index (χ0v) is 49.5. The molecular formula is C53H86N14O17S. The number of unbranched alkanes of at least 4 members (excludes halogenated alkanes) is 1. The lowest BCUT2D eigenvalue weighted by molar-refractivity contribution is -0.147. The van der Waals surface area contributed by atoms with Crippen LogP contribution in [0.25, 0.3) is 0 Å². The first-order chi connectivity index (χ1) is 40.2. The number of aromatic nitrogens is 2. The predicted octanol–water partition coefficient (Wildman–Crippen LogP) is -3.84. The number of aliphatic hydroxyl groups excluding tert-OH is 1. The summed E-state index contributed by atoms with van der Waals surface area (Å²) in [5, 5.41) is 58.8. The maximum Gasteiger partial charge on any atom is 0.326 e. The van der Waals surface area contributed by atoms with Crippen LogP contribution in [0.3, 0.4) is 0 Å². The molecule has 0 aliphatic carbocycles. The number of likely N-dealkylation sites (tertiary alicyclic amines) is 2. The SMILES string of the molecule is CSCC[C@H](NC(=O)[C@@H](N)CC(=O)O)C(=O)NCC(=O)N1CCC[C@H]1C(=O)N1CCC[C@H]1C(=O)N[C@@H](CC(C)C)C(=O)N[C@@H](CO)C(=O)N[C@@H](CCC(=O)O)C(=O)N[C@@H](CCCCN)C(=O)N[C@@H](CC(C)C)C(=O)N[C@@H](Cc1cnc[nH]1)C(=O)O. The first-order valence-corrected chi connectivity index (χ1v) is 29.8. The number of carbonyl (C=O) groups is 13. The van der Waals surface area contributed by atoms with Gasteiger partial charge < -0.3 is 89.2 Å². The molecule has 85 heavy (non-hydrogen) atoms. The van der Waals surface area contributed by atoms with Crippen LogP contribution < -0.4 is 54.0 Å². The lowest BCUT2D eigenvalue weighted by atomic mass is 10.0.